The van der Waals surface area contributed by atoms with E-state index in [0.29, 0.717) is 77.9 Å². The van der Waals surface area contributed by atoms with Crippen molar-refractivity contribution in [2.45, 2.75) is 96.6 Å². The molecule has 10 nitrogen and oxygen atoms in total. The second-order valence-electron chi connectivity index (χ2n) is 11.0. The van der Waals surface area contributed by atoms with Crippen LogP contribution in [0.25, 0.3) is 11.0 Å². The Morgan fingerprint density at radius 1 is 1.09 bits per heavy atom. The number of nitrogens with zero attached hydrogens (tertiary/aromatic N) is 2. The summed E-state index contributed by atoms with van der Waals surface area (Å²) in [4.78, 5) is 38.5. The van der Waals surface area contributed by atoms with Crippen molar-refractivity contribution in [3.63, 3.8) is 0 Å². The van der Waals surface area contributed by atoms with Gasteiger partial charge in [-0.3, -0.25) is 9.59 Å². The molecule has 1 atom stereocenters. The number of nitrogens with one attached hydrogen (secondary N) is 2. The number of aryl methyl sites for hydroxylation is 1. The highest BCUT2D eigenvalue weighted by Crippen LogP contribution is 2.34. The third-order valence-corrected chi connectivity index (χ3v) is 7.41. The number of ether oxygens (including phenoxy) is 1. The van der Waals surface area contributed by atoms with Crippen molar-refractivity contribution >= 4 is 28.8 Å². The van der Waals surface area contributed by atoms with E-state index in [9.17, 15) is 14.4 Å². The molecule has 10 heteroatoms. The number of hydrogen-bond acceptors (Lipinski definition) is 8. The number of unbranched alkanes of at least 4 members (excludes halogenated alkanes) is 3. The number of rotatable bonds is 13. The highest BCUT2D eigenvalue weighted by Gasteiger charge is 2.29. The van der Waals surface area contributed by atoms with Gasteiger partial charge in [0.05, 0.1) is 24.3 Å². The lowest BCUT2D eigenvalue weighted by molar-refractivity contribution is -0.128. The van der Waals surface area contributed by atoms with E-state index in [4.69, 9.17) is 24.8 Å². The van der Waals surface area contributed by atoms with E-state index >= 15 is 0 Å². The third kappa shape index (κ3) is 9.87. The van der Waals surface area contributed by atoms with Gasteiger partial charge in [-0.15, -0.1) is 0 Å². The molecule has 1 aromatic carbocycles. The van der Waals surface area contributed by atoms with E-state index in [1.54, 1.807) is 12.1 Å². The van der Waals surface area contributed by atoms with Gasteiger partial charge in [-0.05, 0) is 62.1 Å². The Morgan fingerprint density at radius 3 is 2.49 bits per heavy atom. The van der Waals surface area contributed by atoms with E-state index in [1.807, 2.05) is 0 Å². The third-order valence-electron chi connectivity index (χ3n) is 7.41. The molecule has 0 unspecified atom stereocenters. The molecule has 1 heterocycles. The summed E-state index contributed by atoms with van der Waals surface area (Å²) in [6.07, 6.45) is 6.08. The van der Waals surface area contributed by atoms with Crippen LogP contribution in [0.3, 0.4) is 0 Å². The van der Waals surface area contributed by atoms with Crippen LogP contribution in [0.15, 0.2) is 16.5 Å². The monoisotopic (exact) mass is 588 g/mol. The quantitative estimate of drug-likeness (QED) is 0.178. The topological polar surface area (TPSA) is 165 Å². The van der Waals surface area contributed by atoms with Crippen LogP contribution < -0.4 is 10.6 Å². The van der Waals surface area contributed by atoms with Crippen molar-refractivity contribution < 1.29 is 28.6 Å². The first-order chi connectivity index (χ1) is 20.8. The molecule has 0 aliphatic heterocycles. The van der Waals surface area contributed by atoms with Crippen molar-refractivity contribution in [3.8, 4) is 24.0 Å². The van der Waals surface area contributed by atoms with Crippen molar-refractivity contribution in [2.24, 2.45) is 5.92 Å². The van der Waals surface area contributed by atoms with E-state index in [0.717, 1.165) is 25.7 Å². The van der Waals surface area contributed by atoms with E-state index in [-0.39, 0.29) is 25.7 Å². The van der Waals surface area contributed by atoms with E-state index in [2.05, 4.69) is 41.5 Å². The standard InChI is InChI=1S/C33H40N4O6/c1-22-11-13-26(14-12-22)42-33(41)30-27-20-24(21-28(37-23(2)39)32(40)36-17-18-38)19-25(9-5-3-4-7-15-34)31(27)43-29(30)10-6-8-16-35/h19-20,22,26,28,38H,3-4,6-8,10-14,17-18,21H2,1-2H3,(H,36,40)(H,37,39)/t22?,26?,28-/m0/s1. The summed E-state index contributed by atoms with van der Waals surface area (Å²) < 4.78 is 12.3. The number of carbonyl (C=O) groups is 3. The summed E-state index contributed by atoms with van der Waals surface area (Å²) in [6.45, 7) is 3.30. The van der Waals surface area contributed by atoms with E-state index < -0.39 is 23.8 Å². The van der Waals surface area contributed by atoms with Gasteiger partial charge in [-0.25, -0.2) is 4.79 Å². The van der Waals surface area contributed by atoms with Crippen molar-refractivity contribution in [1.82, 2.24) is 10.6 Å². The van der Waals surface area contributed by atoms with Crippen molar-refractivity contribution in [1.29, 1.82) is 10.5 Å². The van der Waals surface area contributed by atoms with Gasteiger partial charge in [0.1, 0.15) is 23.5 Å². The predicted molar refractivity (Wildman–Crippen MR) is 159 cm³/mol. The van der Waals surface area contributed by atoms with Crippen LogP contribution in [0, 0.1) is 40.4 Å². The molecule has 43 heavy (non-hydrogen) atoms. The van der Waals surface area contributed by atoms with Gasteiger partial charge < -0.3 is 24.9 Å². The van der Waals surface area contributed by atoms with Gasteiger partial charge in [0.25, 0.3) is 0 Å². The fourth-order valence-corrected chi connectivity index (χ4v) is 5.21. The van der Waals surface area contributed by atoms with Gasteiger partial charge in [0.15, 0.2) is 5.58 Å². The molecule has 3 rings (SSSR count). The Kier molecular flexibility index (Phi) is 13.1. The smallest absolute Gasteiger partial charge is 0.342 e. The summed E-state index contributed by atoms with van der Waals surface area (Å²) in [5, 5.41) is 32.9. The molecule has 0 radical (unpaired) electrons. The molecule has 2 aromatic rings. The lowest BCUT2D eigenvalue weighted by Gasteiger charge is -2.26. The molecule has 0 bridgehead atoms. The predicted octanol–water partition coefficient (Wildman–Crippen LogP) is 4.22. The van der Waals surface area contributed by atoms with Crippen molar-refractivity contribution in [3.05, 3.63) is 34.6 Å². The Labute approximate surface area is 252 Å². The minimum atomic E-state index is -0.931. The fraction of sp³-hybridized carbons (Fsp3) is 0.545. The highest BCUT2D eigenvalue weighted by atomic mass is 16.5. The summed E-state index contributed by atoms with van der Waals surface area (Å²) in [5.41, 5.74) is 1.85. The second kappa shape index (κ2) is 16.9. The molecular formula is C33H40N4O6. The Hall–Kier alpha value is -4.33. The molecule has 1 saturated carbocycles. The molecule has 1 fully saturated rings. The molecule has 2 amide bonds. The summed E-state index contributed by atoms with van der Waals surface area (Å²) in [7, 11) is 0. The van der Waals surface area contributed by atoms with Crippen LogP contribution in [0.1, 0.15) is 98.9 Å². The first kappa shape index (κ1) is 33.2. The number of fused-ring (bicyclic) bond motifs is 1. The first-order valence-electron chi connectivity index (χ1n) is 14.9. The minimum absolute atomic E-state index is 0.0388. The molecule has 1 aromatic heterocycles. The lowest BCUT2D eigenvalue weighted by Crippen LogP contribution is -2.48. The number of esters is 1. The molecule has 0 spiro atoms. The number of amides is 2. The van der Waals surface area contributed by atoms with Gasteiger partial charge in [0, 0.05) is 51.0 Å². The zero-order valence-electron chi connectivity index (χ0n) is 25.0. The maximum absolute atomic E-state index is 13.7. The number of furan rings is 1. The number of nitriles is 2. The van der Waals surface area contributed by atoms with Crippen LogP contribution in [-0.4, -0.2) is 48.2 Å². The first-order valence-corrected chi connectivity index (χ1v) is 14.9. The fourth-order valence-electron chi connectivity index (χ4n) is 5.21. The molecule has 1 aliphatic rings. The summed E-state index contributed by atoms with van der Waals surface area (Å²) in [6, 6.07) is 6.83. The maximum atomic E-state index is 13.7. The van der Waals surface area contributed by atoms with Gasteiger partial charge >= 0.3 is 5.97 Å². The molecular weight excluding hydrogens is 548 g/mol. The van der Waals surface area contributed by atoms with Gasteiger partial charge in [-0.2, -0.15) is 10.5 Å². The van der Waals surface area contributed by atoms with Crippen LogP contribution in [0.2, 0.25) is 0 Å². The van der Waals surface area contributed by atoms with Crippen LogP contribution >= 0.6 is 0 Å². The Bertz CT molecular complexity index is 1430. The van der Waals surface area contributed by atoms with Gasteiger partial charge in [0.2, 0.25) is 11.8 Å². The van der Waals surface area contributed by atoms with Crippen molar-refractivity contribution in [2.75, 3.05) is 13.2 Å². The SMILES string of the molecule is CC(=O)N[C@@H](Cc1cc(C#CCCCC#N)c2oc(CCCC#N)c(C(=O)OC3CCC(C)CC3)c2c1)C(=O)NCCO. The Morgan fingerprint density at radius 2 is 1.81 bits per heavy atom. The molecule has 1 aliphatic carbocycles. The molecule has 3 N–H and O–H groups in total. The summed E-state index contributed by atoms with van der Waals surface area (Å²) in [5.74, 6) is 5.87. The zero-order valence-corrected chi connectivity index (χ0v) is 25.0. The maximum Gasteiger partial charge on any atom is 0.342 e. The number of benzene rings is 1. The molecule has 228 valence electrons. The largest absolute Gasteiger partial charge is 0.459 e. The second-order valence-corrected chi connectivity index (χ2v) is 11.0. The number of aliphatic hydroxyl groups is 1. The minimum Gasteiger partial charge on any atom is -0.459 e. The number of hydrogen-bond donors (Lipinski definition) is 3. The lowest BCUT2D eigenvalue weighted by atomic mass is 9.89. The Balaban J connectivity index is 2.10. The highest BCUT2D eigenvalue weighted by molar-refractivity contribution is 6.06. The van der Waals surface area contributed by atoms with Crippen LogP contribution in [-0.2, 0) is 27.2 Å². The van der Waals surface area contributed by atoms with E-state index in [1.165, 1.54) is 6.92 Å². The average Bonchev–Trinajstić information content (AvgIpc) is 3.35. The number of aliphatic hydroxyl groups excluding tert-OH is 1. The zero-order chi connectivity index (χ0) is 31.2. The van der Waals surface area contributed by atoms with Crippen LogP contribution in [0.5, 0.6) is 0 Å². The average molecular weight is 589 g/mol. The number of carbonyl (C=O) groups excluding carboxylic acids is 3. The molecule has 0 saturated heterocycles. The van der Waals surface area contributed by atoms with Crippen LogP contribution in [0.4, 0.5) is 0 Å². The van der Waals surface area contributed by atoms with Gasteiger partial charge in [-0.1, -0.05) is 18.8 Å². The normalized spacial score (nSPS) is 16.7. The summed E-state index contributed by atoms with van der Waals surface area (Å²) >= 11 is 0.